The molecule has 0 saturated heterocycles. The zero-order valence-corrected chi connectivity index (χ0v) is 12.8. The fourth-order valence-corrected chi connectivity index (χ4v) is 2.12. The summed E-state index contributed by atoms with van der Waals surface area (Å²) < 4.78 is 13.6. The van der Waals surface area contributed by atoms with Gasteiger partial charge in [0.15, 0.2) is 0 Å². The van der Waals surface area contributed by atoms with Crippen molar-refractivity contribution in [2.24, 2.45) is 0 Å². The number of halogens is 1. The molecule has 0 heterocycles. The van der Waals surface area contributed by atoms with E-state index in [0.717, 1.165) is 5.56 Å². The zero-order chi connectivity index (χ0) is 15.9. The normalized spacial score (nSPS) is 11.9. The Morgan fingerprint density at radius 2 is 1.86 bits per heavy atom. The quantitative estimate of drug-likeness (QED) is 0.846. The number of rotatable bonds is 4. The number of nitrogens with one attached hydrogen (secondary N) is 1. The third-order valence-electron chi connectivity index (χ3n) is 3.23. The molecule has 0 fully saturated rings. The Labute approximate surface area is 131 Å². The summed E-state index contributed by atoms with van der Waals surface area (Å²) >= 11 is 0. The van der Waals surface area contributed by atoms with Gasteiger partial charge in [0.05, 0.1) is 6.54 Å². The van der Waals surface area contributed by atoms with Gasteiger partial charge in [-0.05, 0) is 37.1 Å². The topological polar surface area (TPSA) is 32.3 Å². The van der Waals surface area contributed by atoms with E-state index in [2.05, 4.69) is 17.2 Å². The minimum absolute atomic E-state index is 0.329. The summed E-state index contributed by atoms with van der Waals surface area (Å²) in [5, 5.41) is 13.5. The molecule has 1 unspecified atom stereocenters. The first-order valence-corrected chi connectivity index (χ1v) is 7.32. The lowest BCUT2D eigenvalue weighted by Gasteiger charge is -2.12. The van der Waals surface area contributed by atoms with E-state index < -0.39 is 6.10 Å². The second-order valence-electron chi connectivity index (χ2n) is 5.36. The highest BCUT2D eigenvalue weighted by atomic mass is 19.1. The predicted molar refractivity (Wildman–Crippen MR) is 87.7 cm³/mol. The number of hydrogen-bond acceptors (Lipinski definition) is 2. The van der Waals surface area contributed by atoms with Crippen molar-refractivity contribution in [2.75, 3.05) is 6.54 Å². The fourth-order valence-electron chi connectivity index (χ4n) is 2.12. The molecule has 0 bridgehead atoms. The SMILES string of the molecule is CC(C)NCC#CC(O)c1ccc(F)cc1-c1ccccc1. The highest BCUT2D eigenvalue weighted by Gasteiger charge is 2.12. The number of hydrogen-bond donors (Lipinski definition) is 2. The zero-order valence-electron chi connectivity index (χ0n) is 12.8. The maximum Gasteiger partial charge on any atom is 0.140 e. The van der Waals surface area contributed by atoms with Crippen molar-refractivity contribution in [1.29, 1.82) is 0 Å². The van der Waals surface area contributed by atoms with Crippen LogP contribution in [0.25, 0.3) is 11.1 Å². The van der Waals surface area contributed by atoms with Crippen molar-refractivity contribution in [3.63, 3.8) is 0 Å². The smallest absolute Gasteiger partial charge is 0.140 e. The van der Waals surface area contributed by atoms with Crippen molar-refractivity contribution in [3.05, 3.63) is 59.9 Å². The second-order valence-corrected chi connectivity index (χ2v) is 5.36. The van der Waals surface area contributed by atoms with Gasteiger partial charge in [0.2, 0.25) is 0 Å². The highest BCUT2D eigenvalue weighted by Crippen LogP contribution is 2.28. The molecule has 0 aromatic heterocycles. The van der Waals surface area contributed by atoms with Crippen LogP contribution < -0.4 is 5.32 Å². The van der Waals surface area contributed by atoms with Crippen LogP contribution in [0, 0.1) is 17.7 Å². The molecule has 0 spiro atoms. The molecule has 3 heteroatoms. The molecule has 2 N–H and O–H groups in total. The van der Waals surface area contributed by atoms with Gasteiger partial charge >= 0.3 is 0 Å². The summed E-state index contributed by atoms with van der Waals surface area (Å²) in [6.07, 6.45) is -0.940. The van der Waals surface area contributed by atoms with E-state index in [1.165, 1.54) is 12.1 Å². The van der Waals surface area contributed by atoms with Crippen LogP contribution in [0.1, 0.15) is 25.5 Å². The molecule has 2 aromatic rings. The molecule has 0 saturated carbocycles. The van der Waals surface area contributed by atoms with Crippen LogP contribution in [0.2, 0.25) is 0 Å². The van der Waals surface area contributed by atoms with Gasteiger partial charge in [-0.2, -0.15) is 0 Å². The first-order valence-electron chi connectivity index (χ1n) is 7.32. The molecule has 2 rings (SSSR count). The lowest BCUT2D eigenvalue weighted by atomic mass is 9.96. The molecule has 2 aromatic carbocycles. The van der Waals surface area contributed by atoms with E-state index in [0.29, 0.717) is 23.7 Å². The van der Waals surface area contributed by atoms with Crippen LogP contribution in [-0.2, 0) is 0 Å². The van der Waals surface area contributed by atoms with Crippen molar-refractivity contribution >= 4 is 0 Å². The monoisotopic (exact) mass is 297 g/mol. The van der Waals surface area contributed by atoms with Crippen molar-refractivity contribution in [2.45, 2.75) is 26.0 Å². The third kappa shape index (κ3) is 4.42. The first-order chi connectivity index (χ1) is 10.6. The average molecular weight is 297 g/mol. The fraction of sp³-hybridized carbons (Fsp3) is 0.263. The van der Waals surface area contributed by atoms with Gasteiger partial charge in [0, 0.05) is 11.6 Å². The molecule has 114 valence electrons. The molecule has 0 aliphatic carbocycles. The Balaban J connectivity index is 2.27. The third-order valence-corrected chi connectivity index (χ3v) is 3.23. The van der Waals surface area contributed by atoms with Gasteiger partial charge in [0.1, 0.15) is 11.9 Å². The van der Waals surface area contributed by atoms with Gasteiger partial charge in [-0.1, -0.05) is 48.2 Å². The Morgan fingerprint density at radius 3 is 2.55 bits per heavy atom. The Bertz CT molecular complexity index is 671. The molecule has 0 amide bonds. The maximum atomic E-state index is 13.6. The molecule has 0 aliphatic rings. The Morgan fingerprint density at radius 1 is 1.14 bits per heavy atom. The van der Waals surface area contributed by atoms with Crippen LogP contribution in [0.5, 0.6) is 0 Å². The molecule has 0 aliphatic heterocycles. The van der Waals surface area contributed by atoms with Crippen LogP contribution >= 0.6 is 0 Å². The molecule has 2 nitrogen and oxygen atoms in total. The summed E-state index contributed by atoms with van der Waals surface area (Å²) in [5.41, 5.74) is 2.14. The summed E-state index contributed by atoms with van der Waals surface area (Å²) in [4.78, 5) is 0. The highest BCUT2D eigenvalue weighted by molar-refractivity contribution is 5.68. The second kappa shape index (κ2) is 7.74. The van der Waals surface area contributed by atoms with E-state index in [4.69, 9.17) is 0 Å². The molecule has 1 atom stereocenters. The standard InChI is InChI=1S/C19H20FNO/c1-14(2)21-12-6-9-19(22)17-11-10-16(20)13-18(17)15-7-4-3-5-8-15/h3-5,7-8,10-11,13-14,19,21-22H,12H2,1-2H3. The predicted octanol–water partition coefficient (Wildman–Crippen LogP) is 3.53. The largest absolute Gasteiger partial charge is 0.376 e. The maximum absolute atomic E-state index is 13.6. The van der Waals surface area contributed by atoms with E-state index in [-0.39, 0.29) is 5.82 Å². The van der Waals surface area contributed by atoms with Crippen molar-refractivity contribution in [1.82, 2.24) is 5.32 Å². The molecular weight excluding hydrogens is 277 g/mol. The van der Waals surface area contributed by atoms with Gasteiger partial charge in [-0.15, -0.1) is 0 Å². The number of benzene rings is 2. The van der Waals surface area contributed by atoms with Crippen LogP contribution in [0.15, 0.2) is 48.5 Å². The van der Waals surface area contributed by atoms with Crippen LogP contribution in [0.4, 0.5) is 4.39 Å². The van der Waals surface area contributed by atoms with E-state index in [1.54, 1.807) is 6.07 Å². The van der Waals surface area contributed by atoms with Gasteiger partial charge in [0.25, 0.3) is 0 Å². The summed E-state index contributed by atoms with van der Waals surface area (Å²) in [6.45, 7) is 4.58. The molecular formula is C19H20FNO. The van der Waals surface area contributed by atoms with Crippen molar-refractivity contribution in [3.8, 4) is 23.0 Å². The summed E-state index contributed by atoms with van der Waals surface area (Å²) in [6, 6.07) is 14.2. The summed E-state index contributed by atoms with van der Waals surface area (Å²) in [7, 11) is 0. The number of aliphatic hydroxyl groups is 1. The van der Waals surface area contributed by atoms with E-state index >= 15 is 0 Å². The summed E-state index contributed by atoms with van der Waals surface area (Å²) in [5.74, 6) is 5.38. The van der Waals surface area contributed by atoms with Gasteiger partial charge in [-0.25, -0.2) is 4.39 Å². The molecule has 22 heavy (non-hydrogen) atoms. The molecule has 0 radical (unpaired) electrons. The number of aliphatic hydroxyl groups excluding tert-OH is 1. The first kappa shape index (κ1) is 16.2. The van der Waals surface area contributed by atoms with Crippen LogP contribution in [-0.4, -0.2) is 17.7 Å². The minimum Gasteiger partial charge on any atom is -0.376 e. The average Bonchev–Trinajstić information content (AvgIpc) is 2.52. The van der Waals surface area contributed by atoms with Gasteiger partial charge < -0.3 is 10.4 Å². The Kier molecular flexibility index (Phi) is 5.71. The van der Waals surface area contributed by atoms with E-state index in [1.807, 2.05) is 44.2 Å². The Hall–Kier alpha value is -2.15. The van der Waals surface area contributed by atoms with Crippen molar-refractivity contribution < 1.29 is 9.50 Å². The lowest BCUT2D eigenvalue weighted by molar-refractivity contribution is 0.238. The van der Waals surface area contributed by atoms with E-state index in [9.17, 15) is 9.50 Å². The van der Waals surface area contributed by atoms with Gasteiger partial charge in [-0.3, -0.25) is 0 Å². The minimum atomic E-state index is -0.940. The lowest BCUT2D eigenvalue weighted by Crippen LogP contribution is -2.22. The van der Waals surface area contributed by atoms with Crippen LogP contribution in [0.3, 0.4) is 0 Å².